The van der Waals surface area contributed by atoms with Gasteiger partial charge in [0.2, 0.25) is 0 Å². The van der Waals surface area contributed by atoms with Crippen molar-refractivity contribution in [1.82, 2.24) is 4.72 Å². The first-order chi connectivity index (χ1) is 10.7. The molecule has 0 atom stereocenters. The Labute approximate surface area is 144 Å². The SMILES string of the molecule is Cc1ccc(S(=O)(=O)NC(=O)Nc2cc(Cl)c(Cl)cc2C)cc1. The molecule has 0 aliphatic heterocycles. The van der Waals surface area contributed by atoms with Crippen LogP contribution >= 0.6 is 23.2 Å². The van der Waals surface area contributed by atoms with Crippen LogP contribution in [-0.2, 0) is 10.0 Å². The van der Waals surface area contributed by atoms with Crippen molar-refractivity contribution in [2.75, 3.05) is 5.32 Å². The van der Waals surface area contributed by atoms with E-state index in [4.69, 9.17) is 23.2 Å². The van der Waals surface area contributed by atoms with Crippen LogP contribution in [0.25, 0.3) is 0 Å². The average Bonchev–Trinajstić information content (AvgIpc) is 2.44. The Kier molecular flexibility index (Phi) is 5.19. The second-order valence-corrected chi connectivity index (χ2v) is 7.45. The van der Waals surface area contributed by atoms with Gasteiger partial charge in [0.1, 0.15) is 0 Å². The van der Waals surface area contributed by atoms with Gasteiger partial charge in [0.05, 0.1) is 14.9 Å². The number of aryl methyl sites for hydroxylation is 2. The van der Waals surface area contributed by atoms with Gasteiger partial charge in [0.15, 0.2) is 0 Å². The van der Waals surface area contributed by atoms with Crippen LogP contribution in [0, 0.1) is 13.8 Å². The molecule has 0 aliphatic rings. The topological polar surface area (TPSA) is 75.3 Å². The highest BCUT2D eigenvalue weighted by Gasteiger charge is 2.18. The third kappa shape index (κ3) is 4.37. The van der Waals surface area contributed by atoms with Gasteiger partial charge in [0, 0.05) is 5.69 Å². The number of carbonyl (C=O) groups is 1. The largest absolute Gasteiger partial charge is 0.333 e. The molecular formula is C15H14Cl2N2O3S. The first kappa shape index (κ1) is 17.6. The Hall–Kier alpha value is -1.76. The van der Waals surface area contributed by atoms with E-state index in [1.54, 1.807) is 25.1 Å². The summed E-state index contributed by atoms with van der Waals surface area (Å²) >= 11 is 11.8. The highest BCUT2D eigenvalue weighted by atomic mass is 35.5. The fraction of sp³-hybridized carbons (Fsp3) is 0.133. The van der Waals surface area contributed by atoms with E-state index in [0.29, 0.717) is 16.3 Å². The predicted molar refractivity (Wildman–Crippen MR) is 91.7 cm³/mol. The lowest BCUT2D eigenvalue weighted by Crippen LogP contribution is -2.34. The van der Waals surface area contributed by atoms with Crippen molar-refractivity contribution in [3.63, 3.8) is 0 Å². The van der Waals surface area contributed by atoms with Crippen molar-refractivity contribution in [1.29, 1.82) is 0 Å². The maximum atomic E-state index is 12.1. The van der Waals surface area contributed by atoms with Crippen molar-refractivity contribution in [3.8, 4) is 0 Å². The zero-order valence-corrected chi connectivity index (χ0v) is 14.7. The fourth-order valence-electron chi connectivity index (χ4n) is 1.83. The molecule has 122 valence electrons. The molecule has 0 saturated carbocycles. The van der Waals surface area contributed by atoms with E-state index in [-0.39, 0.29) is 9.92 Å². The van der Waals surface area contributed by atoms with Crippen molar-refractivity contribution in [3.05, 3.63) is 57.6 Å². The Balaban J connectivity index is 2.16. The van der Waals surface area contributed by atoms with Gasteiger partial charge >= 0.3 is 6.03 Å². The van der Waals surface area contributed by atoms with Crippen LogP contribution in [0.5, 0.6) is 0 Å². The van der Waals surface area contributed by atoms with E-state index in [9.17, 15) is 13.2 Å². The molecule has 2 N–H and O–H groups in total. The minimum atomic E-state index is -3.95. The van der Waals surface area contributed by atoms with Crippen LogP contribution < -0.4 is 10.0 Å². The van der Waals surface area contributed by atoms with Gasteiger partial charge < -0.3 is 5.32 Å². The maximum absolute atomic E-state index is 12.1. The highest BCUT2D eigenvalue weighted by Crippen LogP contribution is 2.28. The van der Waals surface area contributed by atoms with Gasteiger partial charge in [-0.1, -0.05) is 40.9 Å². The summed E-state index contributed by atoms with van der Waals surface area (Å²) in [4.78, 5) is 11.9. The summed E-state index contributed by atoms with van der Waals surface area (Å²) in [6.45, 7) is 3.55. The number of sulfonamides is 1. The molecule has 8 heteroatoms. The van der Waals surface area contributed by atoms with Crippen molar-refractivity contribution in [2.45, 2.75) is 18.7 Å². The van der Waals surface area contributed by atoms with Gasteiger partial charge in [-0.3, -0.25) is 0 Å². The van der Waals surface area contributed by atoms with Gasteiger partial charge in [0.25, 0.3) is 10.0 Å². The molecule has 0 spiro atoms. The van der Waals surface area contributed by atoms with E-state index in [1.807, 2.05) is 11.6 Å². The van der Waals surface area contributed by atoms with Crippen LogP contribution in [0.1, 0.15) is 11.1 Å². The quantitative estimate of drug-likeness (QED) is 0.850. The number of carbonyl (C=O) groups excluding carboxylic acids is 1. The molecule has 2 aromatic rings. The van der Waals surface area contributed by atoms with Crippen molar-refractivity contribution >= 4 is 44.9 Å². The monoisotopic (exact) mass is 372 g/mol. The molecule has 0 unspecified atom stereocenters. The summed E-state index contributed by atoms with van der Waals surface area (Å²) in [5.41, 5.74) is 1.94. The second kappa shape index (κ2) is 6.78. The zero-order valence-electron chi connectivity index (χ0n) is 12.4. The minimum absolute atomic E-state index is 0.00381. The summed E-state index contributed by atoms with van der Waals surface area (Å²) in [5.74, 6) is 0. The smallest absolute Gasteiger partial charge is 0.307 e. The van der Waals surface area contributed by atoms with Crippen LogP contribution in [-0.4, -0.2) is 14.4 Å². The normalized spacial score (nSPS) is 11.1. The molecule has 0 aliphatic carbocycles. The summed E-state index contributed by atoms with van der Waals surface area (Å²) in [7, 11) is -3.95. The number of benzene rings is 2. The van der Waals surface area contributed by atoms with Gasteiger partial charge in [-0.25, -0.2) is 17.9 Å². The highest BCUT2D eigenvalue weighted by molar-refractivity contribution is 7.90. The number of amides is 2. The van der Waals surface area contributed by atoms with Gasteiger partial charge in [-0.15, -0.1) is 0 Å². The Morgan fingerprint density at radius 1 is 1.00 bits per heavy atom. The first-order valence-electron chi connectivity index (χ1n) is 6.55. The Morgan fingerprint density at radius 3 is 2.17 bits per heavy atom. The van der Waals surface area contributed by atoms with Crippen molar-refractivity contribution < 1.29 is 13.2 Å². The summed E-state index contributed by atoms with van der Waals surface area (Å²) < 4.78 is 26.2. The summed E-state index contributed by atoms with van der Waals surface area (Å²) in [6.07, 6.45) is 0. The van der Waals surface area contributed by atoms with E-state index >= 15 is 0 Å². The molecule has 0 bridgehead atoms. The zero-order chi connectivity index (χ0) is 17.2. The van der Waals surface area contributed by atoms with E-state index in [2.05, 4.69) is 5.32 Å². The second-order valence-electron chi connectivity index (χ2n) is 4.95. The lowest BCUT2D eigenvalue weighted by atomic mass is 10.2. The van der Waals surface area contributed by atoms with E-state index < -0.39 is 16.1 Å². The maximum Gasteiger partial charge on any atom is 0.333 e. The molecule has 23 heavy (non-hydrogen) atoms. The number of rotatable bonds is 3. The third-order valence-electron chi connectivity index (χ3n) is 3.07. The average molecular weight is 373 g/mol. The number of anilines is 1. The lowest BCUT2D eigenvalue weighted by molar-refractivity contribution is 0.256. The summed E-state index contributed by atoms with van der Waals surface area (Å²) in [6, 6.07) is 8.30. The molecule has 0 radical (unpaired) electrons. The van der Waals surface area contributed by atoms with E-state index in [1.165, 1.54) is 18.2 Å². The molecule has 2 aromatic carbocycles. The van der Waals surface area contributed by atoms with Gasteiger partial charge in [-0.05, 0) is 43.7 Å². The number of urea groups is 1. The van der Waals surface area contributed by atoms with Crippen LogP contribution in [0.3, 0.4) is 0 Å². The van der Waals surface area contributed by atoms with Gasteiger partial charge in [-0.2, -0.15) is 0 Å². The predicted octanol–water partition coefficient (Wildman–Crippen LogP) is 4.12. The molecule has 0 fully saturated rings. The first-order valence-corrected chi connectivity index (χ1v) is 8.79. The number of hydrogen-bond donors (Lipinski definition) is 2. The third-order valence-corrected chi connectivity index (χ3v) is 5.14. The molecule has 2 rings (SSSR count). The minimum Gasteiger partial charge on any atom is -0.307 e. The van der Waals surface area contributed by atoms with E-state index in [0.717, 1.165) is 5.56 Å². The Morgan fingerprint density at radius 2 is 1.57 bits per heavy atom. The van der Waals surface area contributed by atoms with Crippen LogP contribution in [0.2, 0.25) is 10.0 Å². The summed E-state index contributed by atoms with van der Waals surface area (Å²) in [5, 5.41) is 3.05. The standard InChI is InChI=1S/C15H14Cl2N2O3S/c1-9-3-5-11(6-4-9)23(21,22)19-15(20)18-14-8-13(17)12(16)7-10(14)2/h3-8H,1-2H3,(H2,18,19,20). The molecular weight excluding hydrogens is 359 g/mol. The molecule has 0 aromatic heterocycles. The molecule has 0 saturated heterocycles. The van der Waals surface area contributed by atoms with Crippen LogP contribution in [0.4, 0.5) is 10.5 Å². The molecule has 5 nitrogen and oxygen atoms in total. The molecule has 0 heterocycles. The fourth-order valence-corrected chi connectivity index (χ4v) is 3.12. The molecule has 2 amide bonds. The lowest BCUT2D eigenvalue weighted by Gasteiger charge is -2.11. The number of hydrogen-bond acceptors (Lipinski definition) is 3. The number of nitrogens with one attached hydrogen (secondary N) is 2. The Bertz CT molecular complexity index is 850. The van der Waals surface area contributed by atoms with Crippen LogP contribution in [0.15, 0.2) is 41.3 Å². The van der Waals surface area contributed by atoms with Crippen molar-refractivity contribution in [2.24, 2.45) is 0 Å². The number of halogens is 2.